The first-order valence-corrected chi connectivity index (χ1v) is 10.6. The Balaban J connectivity index is 2.14. The number of nitrogens with zero attached hydrogens (tertiary/aromatic N) is 2. The average Bonchev–Trinajstić information content (AvgIpc) is 3.16. The van der Waals surface area contributed by atoms with Crippen LogP contribution in [0.2, 0.25) is 0 Å². The molecule has 1 aromatic carbocycles. The molecule has 1 aliphatic rings. The van der Waals surface area contributed by atoms with Crippen molar-refractivity contribution in [1.29, 1.82) is 0 Å². The molecule has 0 radical (unpaired) electrons. The van der Waals surface area contributed by atoms with Gasteiger partial charge >= 0.3 is 11.9 Å². The predicted octanol–water partition coefficient (Wildman–Crippen LogP) is 3.60. The number of hydrogen-bond donors (Lipinski definition) is 0. The van der Waals surface area contributed by atoms with Crippen LogP contribution in [-0.2, 0) is 28.6 Å². The molecule has 0 fully saturated rings. The number of benzene rings is 1. The van der Waals surface area contributed by atoms with Gasteiger partial charge in [-0.3, -0.25) is 9.69 Å². The van der Waals surface area contributed by atoms with Crippen LogP contribution >= 0.6 is 11.3 Å². The minimum atomic E-state index is -1.38. The van der Waals surface area contributed by atoms with E-state index in [0.717, 1.165) is 9.60 Å². The Morgan fingerprint density at radius 1 is 1.03 bits per heavy atom. The van der Waals surface area contributed by atoms with Crippen LogP contribution in [0.1, 0.15) is 41.5 Å². The SMILES string of the molecule is COC1=C(C(=O)OC(C)(C)C)C(C(=O)OC(C)(C)C)N(c2nc3ccccc3s2)C1=O. The lowest BCUT2D eigenvalue weighted by atomic mass is 10.1. The molecule has 9 heteroatoms. The van der Waals surface area contributed by atoms with E-state index < -0.39 is 35.1 Å². The van der Waals surface area contributed by atoms with Gasteiger partial charge in [-0.1, -0.05) is 23.5 Å². The zero-order valence-electron chi connectivity index (χ0n) is 18.6. The van der Waals surface area contributed by atoms with Crippen LogP contribution < -0.4 is 4.90 Å². The second kappa shape index (κ2) is 7.96. The van der Waals surface area contributed by atoms with Crippen LogP contribution in [0.15, 0.2) is 35.6 Å². The van der Waals surface area contributed by atoms with Gasteiger partial charge in [-0.2, -0.15) is 0 Å². The number of rotatable bonds is 4. The monoisotopic (exact) mass is 446 g/mol. The zero-order valence-corrected chi connectivity index (χ0v) is 19.5. The normalized spacial score (nSPS) is 17.3. The van der Waals surface area contributed by atoms with Gasteiger partial charge in [0.15, 0.2) is 16.9 Å². The molecule has 1 aromatic heterocycles. The molecule has 0 saturated carbocycles. The Hall–Kier alpha value is -2.94. The van der Waals surface area contributed by atoms with Gasteiger partial charge in [0.25, 0.3) is 5.91 Å². The summed E-state index contributed by atoms with van der Waals surface area (Å²) < 4.78 is 17.1. The summed E-state index contributed by atoms with van der Waals surface area (Å²) in [4.78, 5) is 45.2. The summed E-state index contributed by atoms with van der Waals surface area (Å²) in [6.45, 7) is 10.2. The van der Waals surface area contributed by atoms with Gasteiger partial charge < -0.3 is 14.2 Å². The van der Waals surface area contributed by atoms with E-state index in [1.165, 1.54) is 18.4 Å². The molecule has 2 aromatic rings. The molecular weight excluding hydrogens is 420 g/mol. The van der Waals surface area contributed by atoms with E-state index in [1.807, 2.05) is 18.2 Å². The van der Waals surface area contributed by atoms with Crippen LogP contribution in [-0.4, -0.2) is 47.2 Å². The van der Waals surface area contributed by atoms with E-state index in [1.54, 1.807) is 47.6 Å². The van der Waals surface area contributed by atoms with Crippen LogP contribution in [0.25, 0.3) is 10.2 Å². The summed E-state index contributed by atoms with van der Waals surface area (Å²) in [5, 5.41) is 0.259. The molecule has 166 valence electrons. The van der Waals surface area contributed by atoms with E-state index in [4.69, 9.17) is 14.2 Å². The molecule has 0 aliphatic carbocycles. The lowest BCUT2D eigenvalue weighted by molar-refractivity contribution is -0.159. The summed E-state index contributed by atoms with van der Waals surface area (Å²) in [6, 6.07) is 5.97. The van der Waals surface area contributed by atoms with Crippen molar-refractivity contribution in [2.75, 3.05) is 12.0 Å². The van der Waals surface area contributed by atoms with E-state index in [9.17, 15) is 14.4 Å². The van der Waals surface area contributed by atoms with Crippen LogP contribution in [0, 0.1) is 0 Å². The average molecular weight is 447 g/mol. The highest BCUT2D eigenvalue weighted by Gasteiger charge is 2.52. The highest BCUT2D eigenvalue weighted by atomic mass is 32.1. The number of aromatic nitrogens is 1. The third-order valence-corrected chi connectivity index (χ3v) is 5.17. The first-order valence-electron chi connectivity index (χ1n) is 9.76. The summed E-state index contributed by atoms with van der Waals surface area (Å²) in [5.74, 6) is -2.51. The smallest absolute Gasteiger partial charge is 0.341 e. The van der Waals surface area contributed by atoms with Crippen LogP contribution in [0.3, 0.4) is 0 Å². The highest BCUT2D eigenvalue weighted by Crippen LogP contribution is 2.38. The molecule has 1 unspecified atom stereocenters. The summed E-state index contributed by atoms with van der Waals surface area (Å²) in [6.07, 6.45) is 0. The Bertz CT molecular complexity index is 1040. The third-order valence-electron chi connectivity index (χ3n) is 4.13. The molecule has 1 amide bonds. The molecule has 2 heterocycles. The largest absolute Gasteiger partial charge is 0.491 e. The number of carbonyl (C=O) groups is 3. The van der Waals surface area contributed by atoms with Crippen molar-refractivity contribution in [2.45, 2.75) is 58.8 Å². The van der Waals surface area contributed by atoms with Gasteiger partial charge in [0.2, 0.25) is 0 Å². The molecule has 8 nitrogen and oxygen atoms in total. The fourth-order valence-corrected chi connectivity index (χ4v) is 4.06. The molecule has 31 heavy (non-hydrogen) atoms. The van der Waals surface area contributed by atoms with E-state index in [2.05, 4.69) is 4.98 Å². The van der Waals surface area contributed by atoms with Gasteiger partial charge in [0.05, 0.1) is 17.3 Å². The molecule has 1 aliphatic heterocycles. The maximum Gasteiger partial charge on any atom is 0.341 e. The van der Waals surface area contributed by atoms with Crippen molar-refractivity contribution >= 4 is 44.5 Å². The van der Waals surface area contributed by atoms with Gasteiger partial charge in [-0.05, 0) is 53.7 Å². The predicted molar refractivity (Wildman–Crippen MR) is 117 cm³/mol. The number of ether oxygens (including phenoxy) is 3. The number of carbonyl (C=O) groups excluding carboxylic acids is 3. The van der Waals surface area contributed by atoms with Gasteiger partial charge in [0, 0.05) is 0 Å². The van der Waals surface area contributed by atoms with Crippen LogP contribution in [0.4, 0.5) is 5.13 Å². The summed E-state index contributed by atoms with van der Waals surface area (Å²) >= 11 is 1.23. The number of para-hydroxylation sites is 1. The van der Waals surface area contributed by atoms with E-state index in [0.29, 0.717) is 5.52 Å². The number of thiazole rings is 1. The molecule has 1 atom stereocenters. The molecule has 0 N–H and O–H groups in total. The van der Waals surface area contributed by atoms with Crippen molar-refractivity contribution in [2.24, 2.45) is 0 Å². The number of anilines is 1. The van der Waals surface area contributed by atoms with Crippen molar-refractivity contribution < 1.29 is 28.6 Å². The van der Waals surface area contributed by atoms with Crippen molar-refractivity contribution in [1.82, 2.24) is 4.98 Å². The lowest BCUT2D eigenvalue weighted by Crippen LogP contribution is -2.46. The first-order chi connectivity index (χ1) is 14.3. The second-order valence-electron chi connectivity index (χ2n) is 9.02. The third kappa shape index (κ3) is 4.71. The molecule has 0 bridgehead atoms. The number of esters is 2. The van der Waals surface area contributed by atoms with Crippen molar-refractivity contribution in [3.05, 3.63) is 35.6 Å². The Morgan fingerprint density at radius 2 is 1.65 bits per heavy atom. The van der Waals surface area contributed by atoms with E-state index in [-0.39, 0.29) is 16.5 Å². The fraction of sp³-hybridized carbons (Fsp3) is 0.455. The molecular formula is C22H26N2O6S. The van der Waals surface area contributed by atoms with E-state index >= 15 is 0 Å². The van der Waals surface area contributed by atoms with Gasteiger partial charge in [-0.25, -0.2) is 14.6 Å². The van der Waals surface area contributed by atoms with Crippen molar-refractivity contribution in [3.63, 3.8) is 0 Å². The Morgan fingerprint density at radius 3 is 2.19 bits per heavy atom. The van der Waals surface area contributed by atoms with Gasteiger partial charge in [-0.15, -0.1) is 0 Å². The van der Waals surface area contributed by atoms with Crippen LogP contribution in [0.5, 0.6) is 0 Å². The lowest BCUT2D eigenvalue weighted by Gasteiger charge is -2.28. The fourth-order valence-electron chi connectivity index (χ4n) is 3.07. The number of hydrogen-bond acceptors (Lipinski definition) is 8. The van der Waals surface area contributed by atoms with Crippen molar-refractivity contribution in [3.8, 4) is 0 Å². The number of amides is 1. The number of methoxy groups -OCH3 is 1. The molecule has 0 spiro atoms. The maximum absolute atomic E-state index is 13.3. The molecule has 0 saturated heterocycles. The Labute approximate surface area is 184 Å². The number of fused-ring (bicyclic) bond motifs is 1. The first kappa shape index (κ1) is 22.7. The molecule has 3 rings (SSSR count). The minimum Gasteiger partial charge on any atom is -0.491 e. The second-order valence-corrected chi connectivity index (χ2v) is 10.0. The zero-order chi connectivity index (χ0) is 23.1. The standard InChI is InChI=1S/C22H26N2O6S/c1-21(2,3)29-18(26)14-15(19(27)30-22(4,5)6)24(17(25)16(14)28-7)20-23-12-10-8-9-11-13(12)31-20/h8-11,15H,1-7H3. The minimum absolute atomic E-state index is 0.198. The highest BCUT2D eigenvalue weighted by molar-refractivity contribution is 7.22. The summed E-state index contributed by atoms with van der Waals surface area (Å²) in [7, 11) is 1.27. The topological polar surface area (TPSA) is 95.0 Å². The Kier molecular flexibility index (Phi) is 5.84. The maximum atomic E-state index is 13.3. The quantitative estimate of drug-likeness (QED) is 0.662. The summed E-state index contributed by atoms with van der Waals surface area (Å²) in [5.41, 5.74) is -1.21. The van der Waals surface area contributed by atoms with Gasteiger partial charge in [0.1, 0.15) is 16.8 Å².